The maximum absolute atomic E-state index is 5.84. The Bertz CT molecular complexity index is 553. The van der Waals surface area contributed by atoms with Crippen LogP contribution in [-0.2, 0) is 13.0 Å². The first-order valence-electron chi connectivity index (χ1n) is 5.89. The third-order valence-corrected chi connectivity index (χ3v) is 3.17. The summed E-state index contributed by atoms with van der Waals surface area (Å²) in [5, 5.41) is 7.20. The van der Waals surface area contributed by atoms with E-state index in [0.29, 0.717) is 5.95 Å². The molecule has 0 aliphatic carbocycles. The predicted molar refractivity (Wildman–Crippen MR) is 72.2 cm³/mol. The number of hydrogen-bond acceptors (Lipinski definition) is 4. The van der Waals surface area contributed by atoms with Crippen molar-refractivity contribution in [2.24, 2.45) is 0 Å². The lowest BCUT2D eigenvalue weighted by Crippen LogP contribution is -2.25. The van der Waals surface area contributed by atoms with E-state index in [1.807, 2.05) is 30.5 Å². The van der Waals surface area contributed by atoms with E-state index in [0.717, 1.165) is 35.9 Å². The van der Waals surface area contributed by atoms with E-state index in [9.17, 15) is 0 Å². The number of anilines is 2. The molecule has 2 aromatic rings. The summed E-state index contributed by atoms with van der Waals surface area (Å²) < 4.78 is 0. The molecule has 5 heteroatoms. The van der Waals surface area contributed by atoms with Gasteiger partial charge in [0, 0.05) is 23.5 Å². The smallest absolute Gasteiger partial charge is 0.227 e. The maximum Gasteiger partial charge on any atom is 0.227 e. The zero-order valence-electron chi connectivity index (χ0n) is 9.78. The monoisotopic (exact) mass is 260 g/mol. The molecule has 0 amide bonds. The molecule has 2 N–H and O–H groups in total. The highest BCUT2D eigenvalue weighted by Crippen LogP contribution is 2.18. The van der Waals surface area contributed by atoms with Crippen LogP contribution >= 0.6 is 11.6 Å². The molecule has 0 bridgehead atoms. The molecule has 3 rings (SSSR count). The first-order chi connectivity index (χ1) is 8.81. The quantitative estimate of drug-likeness (QED) is 0.871. The van der Waals surface area contributed by atoms with Gasteiger partial charge in [0.1, 0.15) is 0 Å². The van der Waals surface area contributed by atoms with Crippen LogP contribution in [0.3, 0.4) is 0 Å². The summed E-state index contributed by atoms with van der Waals surface area (Å²) in [5.74, 6) is 0.625. The standard InChI is InChI=1S/C13H13ClN4/c14-10-1-3-11(4-2-10)17-13-16-7-9-5-6-15-8-12(9)18-13/h1-4,7,15H,5-6,8H2,(H,16,17,18). The number of halogens is 1. The zero-order chi connectivity index (χ0) is 12.4. The lowest BCUT2D eigenvalue weighted by atomic mass is 10.1. The highest BCUT2D eigenvalue weighted by Gasteiger charge is 2.11. The van der Waals surface area contributed by atoms with E-state index < -0.39 is 0 Å². The second kappa shape index (κ2) is 4.92. The van der Waals surface area contributed by atoms with Gasteiger partial charge < -0.3 is 10.6 Å². The largest absolute Gasteiger partial charge is 0.324 e. The number of aromatic nitrogens is 2. The van der Waals surface area contributed by atoms with Gasteiger partial charge in [-0.25, -0.2) is 9.97 Å². The van der Waals surface area contributed by atoms with Gasteiger partial charge >= 0.3 is 0 Å². The predicted octanol–water partition coefficient (Wildman–Crippen LogP) is 2.52. The molecule has 92 valence electrons. The molecular weight excluding hydrogens is 248 g/mol. The Kier molecular flexibility index (Phi) is 3.13. The Balaban J connectivity index is 1.82. The molecule has 0 atom stereocenters. The zero-order valence-corrected chi connectivity index (χ0v) is 10.5. The molecular formula is C13H13ClN4. The first kappa shape index (κ1) is 11.4. The molecule has 0 unspecified atom stereocenters. The van der Waals surface area contributed by atoms with Crippen LogP contribution in [0.4, 0.5) is 11.6 Å². The average Bonchev–Trinajstić information content (AvgIpc) is 2.41. The van der Waals surface area contributed by atoms with Crippen molar-refractivity contribution in [3.63, 3.8) is 0 Å². The minimum Gasteiger partial charge on any atom is -0.324 e. The Morgan fingerprint density at radius 2 is 2.06 bits per heavy atom. The van der Waals surface area contributed by atoms with Crippen LogP contribution in [0.5, 0.6) is 0 Å². The second-order valence-corrected chi connectivity index (χ2v) is 4.66. The van der Waals surface area contributed by atoms with Crippen molar-refractivity contribution in [1.29, 1.82) is 0 Å². The van der Waals surface area contributed by atoms with Crippen LogP contribution in [0.15, 0.2) is 30.5 Å². The van der Waals surface area contributed by atoms with E-state index in [-0.39, 0.29) is 0 Å². The SMILES string of the molecule is Clc1ccc(Nc2ncc3c(n2)CNCC3)cc1. The van der Waals surface area contributed by atoms with E-state index >= 15 is 0 Å². The van der Waals surface area contributed by atoms with E-state index in [1.54, 1.807) is 0 Å². The first-order valence-corrected chi connectivity index (χ1v) is 6.27. The van der Waals surface area contributed by atoms with Crippen LogP contribution in [0, 0.1) is 0 Å². The van der Waals surface area contributed by atoms with Crippen molar-refractivity contribution in [2.75, 3.05) is 11.9 Å². The topological polar surface area (TPSA) is 49.8 Å². The molecule has 18 heavy (non-hydrogen) atoms. The number of benzene rings is 1. The number of fused-ring (bicyclic) bond motifs is 1. The molecule has 4 nitrogen and oxygen atoms in total. The molecule has 0 spiro atoms. The molecule has 0 radical (unpaired) electrons. The van der Waals surface area contributed by atoms with Crippen molar-refractivity contribution < 1.29 is 0 Å². The third-order valence-electron chi connectivity index (χ3n) is 2.92. The van der Waals surface area contributed by atoms with Gasteiger partial charge in [0.15, 0.2) is 0 Å². The molecule has 1 aliphatic rings. The highest BCUT2D eigenvalue weighted by atomic mass is 35.5. The number of nitrogens with one attached hydrogen (secondary N) is 2. The van der Waals surface area contributed by atoms with Gasteiger partial charge in [-0.15, -0.1) is 0 Å². The normalized spacial score (nSPS) is 14.1. The highest BCUT2D eigenvalue weighted by molar-refractivity contribution is 6.30. The van der Waals surface area contributed by atoms with Crippen LogP contribution in [-0.4, -0.2) is 16.5 Å². The van der Waals surface area contributed by atoms with Crippen molar-refractivity contribution >= 4 is 23.2 Å². The summed E-state index contributed by atoms with van der Waals surface area (Å²) in [5.41, 5.74) is 3.24. The van der Waals surface area contributed by atoms with Crippen molar-refractivity contribution in [1.82, 2.24) is 15.3 Å². The lowest BCUT2D eigenvalue weighted by molar-refractivity contribution is 0.624. The summed E-state index contributed by atoms with van der Waals surface area (Å²) in [6, 6.07) is 7.49. The van der Waals surface area contributed by atoms with E-state index in [4.69, 9.17) is 11.6 Å². The Labute approximate surface area is 110 Å². The summed E-state index contributed by atoms with van der Waals surface area (Å²) >= 11 is 5.84. The van der Waals surface area contributed by atoms with Gasteiger partial charge in [-0.1, -0.05) is 11.6 Å². The number of rotatable bonds is 2. The minimum atomic E-state index is 0.625. The van der Waals surface area contributed by atoms with E-state index in [1.165, 1.54) is 5.56 Å². The number of nitrogens with zero attached hydrogens (tertiary/aromatic N) is 2. The molecule has 2 heterocycles. The van der Waals surface area contributed by atoms with Crippen LogP contribution in [0.2, 0.25) is 5.02 Å². The fraction of sp³-hybridized carbons (Fsp3) is 0.231. The summed E-state index contributed by atoms with van der Waals surface area (Å²) in [4.78, 5) is 8.84. The molecule has 0 fully saturated rings. The van der Waals surface area contributed by atoms with Crippen LogP contribution in [0.25, 0.3) is 0 Å². The van der Waals surface area contributed by atoms with Gasteiger partial charge in [0.2, 0.25) is 5.95 Å². The van der Waals surface area contributed by atoms with Crippen molar-refractivity contribution in [3.8, 4) is 0 Å². The van der Waals surface area contributed by atoms with Gasteiger partial charge in [0.05, 0.1) is 5.69 Å². The Morgan fingerprint density at radius 3 is 2.89 bits per heavy atom. The second-order valence-electron chi connectivity index (χ2n) is 4.22. The Hall–Kier alpha value is -1.65. The van der Waals surface area contributed by atoms with Crippen LogP contribution in [0.1, 0.15) is 11.3 Å². The van der Waals surface area contributed by atoms with Gasteiger partial charge in [-0.2, -0.15) is 0 Å². The average molecular weight is 261 g/mol. The Morgan fingerprint density at radius 1 is 1.22 bits per heavy atom. The minimum absolute atomic E-state index is 0.625. The van der Waals surface area contributed by atoms with Gasteiger partial charge in [-0.3, -0.25) is 0 Å². The molecule has 1 aromatic heterocycles. The molecule has 1 aromatic carbocycles. The third kappa shape index (κ3) is 2.44. The fourth-order valence-electron chi connectivity index (χ4n) is 1.96. The maximum atomic E-state index is 5.84. The fourth-order valence-corrected chi connectivity index (χ4v) is 2.08. The molecule has 0 saturated heterocycles. The number of hydrogen-bond donors (Lipinski definition) is 2. The molecule has 0 saturated carbocycles. The van der Waals surface area contributed by atoms with Gasteiger partial charge in [-0.05, 0) is 42.8 Å². The summed E-state index contributed by atoms with van der Waals surface area (Å²) in [7, 11) is 0. The van der Waals surface area contributed by atoms with Crippen LogP contribution < -0.4 is 10.6 Å². The van der Waals surface area contributed by atoms with Gasteiger partial charge in [0.25, 0.3) is 0 Å². The summed E-state index contributed by atoms with van der Waals surface area (Å²) in [6.07, 6.45) is 2.90. The van der Waals surface area contributed by atoms with Crippen molar-refractivity contribution in [3.05, 3.63) is 46.7 Å². The van der Waals surface area contributed by atoms with E-state index in [2.05, 4.69) is 20.6 Å². The summed E-state index contributed by atoms with van der Waals surface area (Å²) in [6.45, 7) is 1.81. The molecule has 1 aliphatic heterocycles. The lowest BCUT2D eigenvalue weighted by Gasteiger charge is -2.16. The van der Waals surface area contributed by atoms with Crippen molar-refractivity contribution in [2.45, 2.75) is 13.0 Å².